The predicted molar refractivity (Wildman–Crippen MR) is 116 cm³/mol. The van der Waals surface area contributed by atoms with Gasteiger partial charge >= 0.3 is 6.03 Å². The van der Waals surface area contributed by atoms with E-state index in [0.29, 0.717) is 23.0 Å². The van der Waals surface area contributed by atoms with E-state index in [9.17, 15) is 15.0 Å². The number of fused-ring (bicyclic) bond motifs is 1. The third-order valence-electron chi connectivity index (χ3n) is 4.69. The molecule has 0 unspecified atom stereocenters. The molecular weight excluding hydrogens is 429 g/mol. The fourth-order valence-corrected chi connectivity index (χ4v) is 3.77. The van der Waals surface area contributed by atoms with E-state index in [0.717, 1.165) is 5.56 Å². The Hall–Kier alpha value is -3.07. The minimum absolute atomic E-state index is 0.00401. The molecule has 0 fully saturated rings. The molecule has 2 heterocycles. The molecule has 0 saturated carbocycles. The number of nitrogens with zero attached hydrogens (tertiary/aromatic N) is 4. The quantitative estimate of drug-likeness (QED) is 0.553. The molecule has 0 atom stereocenters. The second-order valence-corrected chi connectivity index (χ2v) is 7.47. The Morgan fingerprint density at radius 2 is 2.03 bits per heavy atom. The number of phenols is 1. The summed E-state index contributed by atoms with van der Waals surface area (Å²) in [5, 5.41) is 22.5. The van der Waals surface area contributed by atoms with Gasteiger partial charge in [-0.1, -0.05) is 35.3 Å². The van der Waals surface area contributed by atoms with E-state index in [4.69, 9.17) is 23.2 Å². The van der Waals surface area contributed by atoms with Gasteiger partial charge in [0.25, 0.3) is 0 Å². The van der Waals surface area contributed by atoms with Gasteiger partial charge in [0.2, 0.25) is 5.95 Å². The number of carbonyl (C=O) groups is 1. The molecule has 0 saturated heterocycles. The third kappa shape index (κ3) is 3.60. The molecule has 1 aliphatic heterocycles. The molecule has 30 heavy (non-hydrogen) atoms. The topological polar surface area (TPSA) is 102 Å². The van der Waals surface area contributed by atoms with Crippen molar-refractivity contribution in [2.45, 2.75) is 13.2 Å². The van der Waals surface area contributed by atoms with Crippen LogP contribution >= 0.6 is 23.2 Å². The minimum atomic E-state index is -0.399. The minimum Gasteiger partial charge on any atom is -0.506 e. The number of hydrogen-bond donors (Lipinski definition) is 3. The summed E-state index contributed by atoms with van der Waals surface area (Å²) in [5.41, 5.74) is 2.37. The number of aliphatic hydroxyl groups is 1. The van der Waals surface area contributed by atoms with Crippen LogP contribution in [-0.4, -0.2) is 33.3 Å². The summed E-state index contributed by atoms with van der Waals surface area (Å²) in [6.07, 6.45) is 1.61. The van der Waals surface area contributed by atoms with Crippen LogP contribution in [0.5, 0.6) is 5.75 Å². The molecule has 4 rings (SSSR count). The highest BCUT2D eigenvalue weighted by molar-refractivity contribution is 6.41. The first kappa shape index (κ1) is 20.2. The van der Waals surface area contributed by atoms with E-state index >= 15 is 0 Å². The van der Waals surface area contributed by atoms with Crippen molar-refractivity contribution >= 4 is 52.4 Å². The largest absolute Gasteiger partial charge is 0.506 e. The van der Waals surface area contributed by atoms with Crippen LogP contribution in [0.3, 0.4) is 0 Å². The van der Waals surface area contributed by atoms with Crippen molar-refractivity contribution in [1.29, 1.82) is 0 Å². The predicted octanol–water partition coefficient (Wildman–Crippen LogP) is 4.30. The summed E-state index contributed by atoms with van der Waals surface area (Å²) >= 11 is 12.5. The molecule has 1 aromatic heterocycles. The Morgan fingerprint density at radius 3 is 2.80 bits per heavy atom. The highest BCUT2D eigenvalue weighted by Crippen LogP contribution is 2.42. The SMILES string of the molecule is CN1C(=O)N(c2c(Cl)ccc(O)c2Cl)Cc2cnc(Nc3cccc(CO)c3)nc21. The number of hydrogen-bond acceptors (Lipinski definition) is 6. The molecule has 2 aromatic carbocycles. The maximum atomic E-state index is 13.0. The first-order chi connectivity index (χ1) is 14.4. The number of amides is 2. The van der Waals surface area contributed by atoms with Crippen molar-refractivity contribution in [3.63, 3.8) is 0 Å². The molecule has 3 N–H and O–H groups in total. The van der Waals surface area contributed by atoms with Gasteiger partial charge < -0.3 is 15.5 Å². The van der Waals surface area contributed by atoms with Crippen LogP contribution in [0.25, 0.3) is 0 Å². The van der Waals surface area contributed by atoms with Crippen molar-refractivity contribution in [2.75, 3.05) is 22.2 Å². The first-order valence-electron chi connectivity index (χ1n) is 8.94. The molecule has 10 heteroatoms. The number of anilines is 4. The van der Waals surface area contributed by atoms with E-state index in [1.807, 2.05) is 12.1 Å². The van der Waals surface area contributed by atoms with E-state index in [1.54, 1.807) is 25.4 Å². The summed E-state index contributed by atoms with van der Waals surface area (Å²) < 4.78 is 0. The standard InChI is InChI=1S/C20H17Cl2N5O3/c1-26-18-12(8-23-19(25-18)24-13-4-2-3-11(7-13)10-28)9-27(20(26)30)17-14(21)5-6-15(29)16(17)22/h2-8,28-29H,9-10H2,1H3,(H,23,24,25). The normalized spacial score (nSPS) is 13.4. The lowest BCUT2D eigenvalue weighted by molar-refractivity contribution is 0.251. The average Bonchev–Trinajstić information content (AvgIpc) is 2.75. The van der Waals surface area contributed by atoms with E-state index in [-0.39, 0.29) is 34.6 Å². The van der Waals surface area contributed by atoms with Crippen molar-refractivity contribution in [1.82, 2.24) is 9.97 Å². The zero-order chi connectivity index (χ0) is 21.4. The summed E-state index contributed by atoms with van der Waals surface area (Å²) in [6, 6.07) is 9.66. The highest BCUT2D eigenvalue weighted by atomic mass is 35.5. The Kier molecular flexibility index (Phi) is 5.38. The number of nitrogens with one attached hydrogen (secondary N) is 1. The Morgan fingerprint density at radius 1 is 1.23 bits per heavy atom. The lowest BCUT2D eigenvalue weighted by atomic mass is 10.2. The van der Waals surface area contributed by atoms with Crippen LogP contribution in [-0.2, 0) is 13.2 Å². The van der Waals surface area contributed by atoms with Crippen molar-refractivity contribution in [3.8, 4) is 5.75 Å². The molecule has 2 amide bonds. The van der Waals surface area contributed by atoms with E-state index < -0.39 is 6.03 Å². The van der Waals surface area contributed by atoms with Gasteiger partial charge in [0.1, 0.15) is 16.6 Å². The second kappa shape index (κ2) is 7.98. The van der Waals surface area contributed by atoms with E-state index in [1.165, 1.54) is 21.9 Å². The van der Waals surface area contributed by atoms with Crippen molar-refractivity contribution in [3.05, 3.63) is 63.8 Å². The highest BCUT2D eigenvalue weighted by Gasteiger charge is 2.33. The molecule has 0 aliphatic carbocycles. The number of urea groups is 1. The van der Waals surface area contributed by atoms with Crippen LogP contribution in [0.15, 0.2) is 42.6 Å². The smallest absolute Gasteiger partial charge is 0.330 e. The molecule has 0 spiro atoms. The summed E-state index contributed by atoms with van der Waals surface area (Å²) in [5.74, 6) is 0.586. The summed E-state index contributed by atoms with van der Waals surface area (Å²) in [4.78, 5) is 24.5. The average molecular weight is 446 g/mol. The molecule has 0 bridgehead atoms. The molecule has 8 nitrogen and oxygen atoms in total. The number of aromatic hydroxyl groups is 1. The Balaban J connectivity index is 1.67. The van der Waals surface area contributed by atoms with Crippen LogP contribution < -0.4 is 15.1 Å². The fourth-order valence-electron chi connectivity index (χ4n) is 3.20. The summed E-state index contributed by atoms with van der Waals surface area (Å²) in [6.45, 7) is 0.0650. The van der Waals surface area contributed by atoms with Crippen LogP contribution in [0.1, 0.15) is 11.1 Å². The molecule has 154 valence electrons. The Bertz CT molecular complexity index is 1140. The van der Waals surface area contributed by atoms with Crippen molar-refractivity contribution in [2.24, 2.45) is 0 Å². The lowest BCUT2D eigenvalue weighted by Crippen LogP contribution is -2.46. The van der Waals surface area contributed by atoms with Gasteiger partial charge in [0.15, 0.2) is 0 Å². The van der Waals surface area contributed by atoms with Crippen LogP contribution in [0, 0.1) is 0 Å². The zero-order valence-corrected chi connectivity index (χ0v) is 17.3. The van der Waals surface area contributed by atoms with Gasteiger partial charge in [-0.25, -0.2) is 9.78 Å². The van der Waals surface area contributed by atoms with Gasteiger partial charge in [-0.15, -0.1) is 0 Å². The lowest BCUT2D eigenvalue weighted by Gasteiger charge is -2.34. The number of aliphatic hydroxyl groups excluding tert-OH is 1. The zero-order valence-electron chi connectivity index (χ0n) is 15.8. The van der Waals surface area contributed by atoms with Crippen LogP contribution in [0.2, 0.25) is 10.0 Å². The fraction of sp³-hybridized carbons (Fsp3) is 0.150. The van der Waals surface area contributed by atoms with Gasteiger partial charge in [0.05, 0.1) is 23.9 Å². The number of carbonyl (C=O) groups excluding carboxylic acids is 1. The molecular formula is C20H17Cl2N5O3. The van der Waals surface area contributed by atoms with Gasteiger partial charge in [-0.2, -0.15) is 4.98 Å². The third-order valence-corrected chi connectivity index (χ3v) is 5.37. The monoisotopic (exact) mass is 445 g/mol. The summed E-state index contributed by atoms with van der Waals surface area (Å²) in [7, 11) is 1.58. The first-order valence-corrected chi connectivity index (χ1v) is 9.69. The number of halogens is 2. The van der Waals surface area contributed by atoms with E-state index in [2.05, 4.69) is 15.3 Å². The maximum Gasteiger partial charge on any atom is 0.330 e. The van der Waals surface area contributed by atoms with Gasteiger partial charge in [0, 0.05) is 24.5 Å². The number of rotatable bonds is 4. The number of benzene rings is 2. The van der Waals surface area contributed by atoms with Crippen molar-refractivity contribution < 1.29 is 15.0 Å². The molecule has 0 radical (unpaired) electrons. The van der Waals surface area contributed by atoms with Gasteiger partial charge in [-0.05, 0) is 29.8 Å². The molecule has 1 aliphatic rings. The number of aromatic nitrogens is 2. The maximum absolute atomic E-state index is 13.0. The number of phenolic OH excluding ortho intramolecular Hbond substituents is 1. The van der Waals surface area contributed by atoms with Crippen LogP contribution in [0.4, 0.5) is 27.9 Å². The molecule has 3 aromatic rings. The Labute approximate surface area is 182 Å². The van der Waals surface area contributed by atoms with Gasteiger partial charge in [-0.3, -0.25) is 9.80 Å². The second-order valence-electron chi connectivity index (χ2n) is 6.68.